The Balaban J connectivity index is 1.71. The second kappa shape index (κ2) is 10.5. The molecule has 31 heavy (non-hydrogen) atoms. The number of hydrogen-bond donors (Lipinski definition) is 0. The fourth-order valence-electron chi connectivity index (χ4n) is 2.66. The van der Waals surface area contributed by atoms with Gasteiger partial charge in [-0.2, -0.15) is 5.26 Å². The largest absolute Gasteiger partial charge is 0.493 e. The van der Waals surface area contributed by atoms with E-state index in [1.54, 1.807) is 72.8 Å². The maximum absolute atomic E-state index is 12.1. The van der Waals surface area contributed by atoms with E-state index >= 15 is 0 Å². The molecule has 0 bridgehead atoms. The van der Waals surface area contributed by atoms with E-state index in [0.29, 0.717) is 32.7 Å². The van der Waals surface area contributed by atoms with E-state index < -0.39 is 5.97 Å². The van der Waals surface area contributed by atoms with Gasteiger partial charge in [0, 0.05) is 10.0 Å². The first-order chi connectivity index (χ1) is 15.0. The van der Waals surface area contributed by atoms with Crippen molar-refractivity contribution >= 4 is 40.8 Å². The van der Waals surface area contributed by atoms with Gasteiger partial charge in [-0.1, -0.05) is 41.4 Å². The number of rotatable bonds is 7. The van der Waals surface area contributed by atoms with Crippen molar-refractivity contribution in [2.45, 2.75) is 0 Å². The Kier molecular flexibility index (Phi) is 7.55. The van der Waals surface area contributed by atoms with Crippen LogP contribution < -0.4 is 14.2 Å². The summed E-state index contributed by atoms with van der Waals surface area (Å²) in [5.41, 5.74) is 1.90. The Morgan fingerprint density at radius 3 is 2.23 bits per heavy atom. The van der Waals surface area contributed by atoms with Gasteiger partial charge in [-0.05, 0) is 65.7 Å². The van der Waals surface area contributed by atoms with Gasteiger partial charge < -0.3 is 14.2 Å². The molecule has 0 saturated heterocycles. The Bertz CT molecular complexity index is 1130. The van der Waals surface area contributed by atoms with Crippen LogP contribution in [-0.4, -0.2) is 19.7 Å². The number of ether oxygens (including phenoxy) is 3. The number of nitrogens with zero attached hydrogens (tertiary/aromatic N) is 1. The first kappa shape index (κ1) is 22.2. The standard InChI is InChI=1S/C24H17Cl2NO4/c1-29-23-13-16(12-18(14-27)17-3-5-19(25)6-4-17)2-11-22(23)31-24(28)15-30-21-9-7-20(26)8-10-21/h2-13H,15H2,1H3/b18-12-. The van der Waals surface area contributed by atoms with Crippen LogP contribution in [0.2, 0.25) is 10.0 Å². The van der Waals surface area contributed by atoms with E-state index in [1.807, 2.05) is 0 Å². The highest BCUT2D eigenvalue weighted by molar-refractivity contribution is 6.30. The Hall–Kier alpha value is -3.46. The topological polar surface area (TPSA) is 68.5 Å². The zero-order valence-electron chi connectivity index (χ0n) is 16.5. The summed E-state index contributed by atoms with van der Waals surface area (Å²) in [5, 5.41) is 10.7. The van der Waals surface area contributed by atoms with Crippen LogP contribution in [-0.2, 0) is 4.79 Å². The molecule has 3 aromatic carbocycles. The van der Waals surface area contributed by atoms with Gasteiger partial charge in [0.1, 0.15) is 5.75 Å². The second-order valence-corrected chi connectivity index (χ2v) is 7.18. The summed E-state index contributed by atoms with van der Waals surface area (Å²) >= 11 is 11.7. The molecule has 0 amide bonds. The lowest BCUT2D eigenvalue weighted by Crippen LogP contribution is -2.18. The van der Waals surface area contributed by atoms with Crippen molar-refractivity contribution in [1.29, 1.82) is 5.26 Å². The fourth-order valence-corrected chi connectivity index (χ4v) is 2.91. The number of carbonyl (C=O) groups is 1. The van der Waals surface area contributed by atoms with E-state index in [0.717, 1.165) is 5.56 Å². The summed E-state index contributed by atoms with van der Waals surface area (Å²) in [6.45, 7) is -0.276. The van der Waals surface area contributed by atoms with Crippen LogP contribution in [0.5, 0.6) is 17.2 Å². The number of esters is 1. The van der Waals surface area contributed by atoms with Crippen LogP contribution in [0.15, 0.2) is 66.7 Å². The molecule has 0 unspecified atom stereocenters. The van der Waals surface area contributed by atoms with Gasteiger partial charge in [-0.15, -0.1) is 0 Å². The summed E-state index contributed by atoms with van der Waals surface area (Å²) < 4.78 is 16.1. The quantitative estimate of drug-likeness (QED) is 0.188. The number of halogens is 2. The van der Waals surface area contributed by atoms with Crippen molar-refractivity contribution in [3.8, 4) is 23.3 Å². The second-order valence-electron chi connectivity index (χ2n) is 6.30. The Morgan fingerprint density at radius 1 is 0.968 bits per heavy atom. The number of hydrogen-bond acceptors (Lipinski definition) is 5. The first-order valence-electron chi connectivity index (χ1n) is 9.13. The molecule has 3 aromatic rings. The highest BCUT2D eigenvalue weighted by atomic mass is 35.5. The molecule has 0 aliphatic carbocycles. The summed E-state index contributed by atoms with van der Waals surface area (Å²) in [7, 11) is 1.47. The minimum atomic E-state index is -0.588. The number of carbonyl (C=O) groups excluding carboxylic acids is 1. The average Bonchev–Trinajstić information content (AvgIpc) is 2.78. The van der Waals surface area contributed by atoms with E-state index in [4.69, 9.17) is 37.4 Å². The minimum Gasteiger partial charge on any atom is -0.493 e. The van der Waals surface area contributed by atoms with Crippen LogP contribution in [0.25, 0.3) is 11.6 Å². The van der Waals surface area contributed by atoms with E-state index in [-0.39, 0.29) is 12.4 Å². The van der Waals surface area contributed by atoms with Gasteiger partial charge in [-0.25, -0.2) is 4.79 Å². The predicted octanol–water partition coefficient (Wildman–Crippen LogP) is 6.05. The molecule has 5 nitrogen and oxygen atoms in total. The number of nitriles is 1. The number of methoxy groups -OCH3 is 1. The molecule has 0 N–H and O–H groups in total. The fraction of sp³-hybridized carbons (Fsp3) is 0.0833. The maximum Gasteiger partial charge on any atom is 0.349 e. The van der Waals surface area contributed by atoms with Crippen molar-refractivity contribution < 1.29 is 19.0 Å². The highest BCUT2D eigenvalue weighted by Crippen LogP contribution is 2.30. The molecule has 0 spiro atoms. The van der Waals surface area contributed by atoms with Crippen molar-refractivity contribution in [3.05, 3.63) is 87.9 Å². The highest BCUT2D eigenvalue weighted by Gasteiger charge is 2.12. The van der Waals surface area contributed by atoms with Crippen LogP contribution >= 0.6 is 23.2 Å². The summed E-state index contributed by atoms with van der Waals surface area (Å²) in [6, 6.07) is 20.8. The molecular formula is C24H17Cl2NO4. The molecule has 0 fully saturated rings. The predicted molar refractivity (Wildman–Crippen MR) is 121 cm³/mol. The molecule has 0 saturated carbocycles. The molecule has 0 aromatic heterocycles. The lowest BCUT2D eigenvalue weighted by Gasteiger charge is -2.11. The normalized spacial score (nSPS) is 10.8. The van der Waals surface area contributed by atoms with Gasteiger partial charge in [0.2, 0.25) is 0 Å². The van der Waals surface area contributed by atoms with Gasteiger partial charge >= 0.3 is 5.97 Å². The van der Waals surface area contributed by atoms with E-state index in [2.05, 4.69) is 6.07 Å². The molecule has 0 aliphatic rings. The van der Waals surface area contributed by atoms with Crippen molar-refractivity contribution in [3.63, 3.8) is 0 Å². The third-order valence-electron chi connectivity index (χ3n) is 4.17. The molecule has 3 rings (SSSR count). The maximum atomic E-state index is 12.1. The summed E-state index contributed by atoms with van der Waals surface area (Å²) in [5.74, 6) is 0.506. The van der Waals surface area contributed by atoms with Crippen molar-refractivity contribution in [1.82, 2.24) is 0 Å². The third-order valence-corrected chi connectivity index (χ3v) is 4.67. The molecule has 0 aliphatic heterocycles. The van der Waals surface area contributed by atoms with Crippen molar-refractivity contribution in [2.24, 2.45) is 0 Å². The zero-order valence-corrected chi connectivity index (χ0v) is 18.0. The van der Waals surface area contributed by atoms with Crippen LogP contribution in [0.3, 0.4) is 0 Å². The van der Waals surface area contributed by atoms with Gasteiger partial charge in [0.15, 0.2) is 18.1 Å². The summed E-state index contributed by atoms with van der Waals surface area (Å²) in [4.78, 5) is 12.1. The summed E-state index contributed by atoms with van der Waals surface area (Å²) in [6.07, 6.45) is 1.71. The number of allylic oxidation sites excluding steroid dienone is 1. The molecule has 0 heterocycles. The van der Waals surface area contributed by atoms with Gasteiger partial charge in [0.05, 0.1) is 18.8 Å². The SMILES string of the molecule is COc1cc(/C=C(/C#N)c2ccc(Cl)cc2)ccc1OC(=O)COc1ccc(Cl)cc1. The zero-order chi connectivity index (χ0) is 22.2. The third kappa shape index (κ3) is 6.26. The smallest absolute Gasteiger partial charge is 0.349 e. The molecule has 7 heteroatoms. The van der Waals surface area contributed by atoms with Gasteiger partial charge in [-0.3, -0.25) is 0 Å². The minimum absolute atomic E-state index is 0.245. The first-order valence-corrected chi connectivity index (χ1v) is 9.89. The Morgan fingerprint density at radius 2 is 1.61 bits per heavy atom. The van der Waals surface area contributed by atoms with Gasteiger partial charge in [0.25, 0.3) is 0 Å². The molecule has 0 atom stereocenters. The Labute approximate surface area is 190 Å². The lowest BCUT2D eigenvalue weighted by atomic mass is 10.0. The van der Waals surface area contributed by atoms with Crippen LogP contribution in [0.4, 0.5) is 0 Å². The molecule has 0 radical (unpaired) electrons. The lowest BCUT2D eigenvalue weighted by molar-refractivity contribution is -0.136. The van der Waals surface area contributed by atoms with Crippen LogP contribution in [0.1, 0.15) is 11.1 Å². The van der Waals surface area contributed by atoms with E-state index in [9.17, 15) is 10.1 Å². The molecule has 156 valence electrons. The molecular weight excluding hydrogens is 437 g/mol. The van der Waals surface area contributed by atoms with Crippen molar-refractivity contribution in [2.75, 3.05) is 13.7 Å². The average molecular weight is 454 g/mol. The van der Waals surface area contributed by atoms with Crippen LogP contribution in [0, 0.1) is 11.3 Å². The van der Waals surface area contributed by atoms with E-state index in [1.165, 1.54) is 7.11 Å². The monoisotopic (exact) mass is 453 g/mol. The number of benzene rings is 3.